The Bertz CT molecular complexity index is 521. The van der Waals surface area contributed by atoms with Crippen LogP contribution in [0.2, 0.25) is 5.15 Å². The highest BCUT2D eigenvalue weighted by Crippen LogP contribution is 2.38. The van der Waals surface area contributed by atoms with Crippen LogP contribution in [-0.4, -0.2) is 22.5 Å². The molecule has 1 saturated carbocycles. The molecule has 2 atom stereocenters. The van der Waals surface area contributed by atoms with Gasteiger partial charge in [0.25, 0.3) is 5.69 Å². The van der Waals surface area contributed by atoms with Crippen LogP contribution < -0.4 is 4.90 Å². The summed E-state index contributed by atoms with van der Waals surface area (Å²) in [6.07, 6.45) is 7.36. The molecule has 1 aromatic heterocycles. The summed E-state index contributed by atoms with van der Waals surface area (Å²) in [4.78, 5) is 17.1. The normalized spacial score (nSPS) is 26.1. The monoisotopic (exact) mass is 295 g/mol. The van der Waals surface area contributed by atoms with Crippen LogP contribution >= 0.6 is 11.6 Å². The fourth-order valence-corrected chi connectivity index (χ4v) is 3.83. The molecule has 108 valence electrons. The average Bonchev–Trinajstić information content (AvgIpc) is 2.46. The van der Waals surface area contributed by atoms with Gasteiger partial charge in [-0.15, -0.1) is 0 Å². The minimum atomic E-state index is -0.403. The van der Waals surface area contributed by atoms with Gasteiger partial charge in [0.05, 0.1) is 17.1 Å². The molecule has 2 unspecified atom stereocenters. The van der Waals surface area contributed by atoms with Crippen LogP contribution in [0.4, 0.5) is 11.5 Å². The van der Waals surface area contributed by atoms with Crippen LogP contribution in [0, 0.1) is 16.0 Å². The minimum absolute atomic E-state index is 0.0259. The lowest BCUT2D eigenvalue weighted by atomic mass is 9.78. The van der Waals surface area contributed by atoms with Gasteiger partial charge < -0.3 is 4.90 Å². The van der Waals surface area contributed by atoms with E-state index in [1.807, 2.05) is 0 Å². The highest BCUT2D eigenvalue weighted by molar-refractivity contribution is 6.29. The van der Waals surface area contributed by atoms with Gasteiger partial charge >= 0.3 is 0 Å². The summed E-state index contributed by atoms with van der Waals surface area (Å²) in [7, 11) is 0. The Morgan fingerprint density at radius 2 is 2.00 bits per heavy atom. The van der Waals surface area contributed by atoms with E-state index in [0.29, 0.717) is 17.8 Å². The summed E-state index contributed by atoms with van der Waals surface area (Å²) in [5.74, 6) is 1.37. The van der Waals surface area contributed by atoms with E-state index in [9.17, 15) is 10.1 Å². The molecule has 1 aromatic rings. The van der Waals surface area contributed by atoms with Crippen molar-refractivity contribution in [2.24, 2.45) is 5.92 Å². The van der Waals surface area contributed by atoms with Crippen molar-refractivity contribution in [3.05, 3.63) is 27.4 Å². The second-order valence-corrected chi connectivity index (χ2v) is 6.10. The lowest BCUT2D eigenvalue weighted by Gasteiger charge is -2.44. The molecule has 1 aliphatic heterocycles. The molecular formula is C14H18ClN3O2. The average molecular weight is 296 g/mol. The highest BCUT2D eigenvalue weighted by atomic mass is 35.5. The number of aromatic nitrogens is 1. The van der Waals surface area contributed by atoms with Gasteiger partial charge in [0, 0.05) is 12.6 Å². The quantitative estimate of drug-likeness (QED) is 0.473. The number of nitrogens with zero attached hydrogens (tertiary/aromatic N) is 3. The number of hydrogen-bond donors (Lipinski definition) is 0. The summed E-state index contributed by atoms with van der Waals surface area (Å²) in [5, 5.41) is 11.2. The van der Waals surface area contributed by atoms with E-state index >= 15 is 0 Å². The lowest BCUT2D eigenvalue weighted by molar-refractivity contribution is -0.384. The van der Waals surface area contributed by atoms with Gasteiger partial charge in [-0.05, 0) is 31.6 Å². The zero-order valence-corrected chi connectivity index (χ0v) is 12.1. The first-order valence-electron chi connectivity index (χ1n) is 7.24. The number of nitro groups is 1. The van der Waals surface area contributed by atoms with Gasteiger partial charge in [0.15, 0.2) is 0 Å². The van der Waals surface area contributed by atoms with Crippen molar-refractivity contribution in [3.63, 3.8) is 0 Å². The van der Waals surface area contributed by atoms with E-state index in [-0.39, 0.29) is 10.8 Å². The molecule has 5 nitrogen and oxygen atoms in total. The van der Waals surface area contributed by atoms with Crippen LogP contribution in [0.5, 0.6) is 0 Å². The molecule has 20 heavy (non-hydrogen) atoms. The molecule has 1 saturated heterocycles. The Labute approximate surface area is 123 Å². The second-order valence-electron chi connectivity index (χ2n) is 5.71. The van der Waals surface area contributed by atoms with Gasteiger partial charge in [-0.2, -0.15) is 0 Å². The molecule has 0 aromatic carbocycles. The van der Waals surface area contributed by atoms with Crippen molar-refractivity contribution in [1.29, 1.82) is 0 Å². The molecule has 0 spiro atoms. The Hall–Kier alpha value is -1.36. The molecule has 2 aliphatic rings. The number of rotatable bonds is 2. The third kappa shape index (κ3) is 2.59. The molecule has 1 aliphatic carbocycles. The zero-order valence-electron chi connectivity index (χ0n) is 11.3. The van der Waals surface area contributed by atoms with Crippen LogP contribution in [0.3, 0.4) is 0 Å². The van der Waals surface area contributed by atoms with E-state index in [2.05, 4.69) is 9.88 Å². The smallest absolute Gasteiger partial charge is 0.276 e. The Morgan fingerprint density at radius 1 is 1.25 bits per heavy atom. The standard InChI is InChI=1S/C14H18ClN3O2/c15-13-8-11(18(19)20)9-14(16-13)17-7-3-5-10-4-1-2-6-12(10)17/h8-10,12H,1-7H2. The summed E-state index contributed by atoms with van der Waals surface area (Å²) >= 11 is 5.95. The maximum atomic E-state index is 11.0. The van der Waals surface area contributed by atoms with Gasteiger partial charge in [0.2, 0.25) is 0 Å². The first-order valence-corrected chi connectivity index (χ1v) is 7.61. The minimum Gasteiger partial charge on any atom is -0.353 e. The maximum Gasteiger partial charge on any atom is 0.276 e. The molecule has 0 N–H and O–H groups in total. The number of hydrogen-bond acceptors (Lipinski definition) is 4. The molecule has 2 fully saturated rings. The largest absolute Gasteiger partial charge is 0.353 e. The summed E-state index contributed by atoms with van der Waals surface area (Å²) in [5.41, 5.74) is 0.0259. The van der Waals surface area contributed by atoms with Gasteiger partial charge in [-0.3, -0.25) is 10.1 Å². The van der Waals surface area contributed by atoms with Crippen molar-refractivity contribution in [1.82, 2.24) is 4.98 Å². The van der Waals surface area contributed by atoms with E-state index in [4.69, 9.17) is 11.6 Å². The van der Waals surface area contributed by atoms with Crippen LogP contribution in [-0.2, 0) is 0 Å². The summed E-state index contributed by atoms with van der Waals surface area (Å²) in [6.45, 7) is 0.922. The Balaban J connectivity index is 1.92. The molecular weight excluding hydrogens is 278 g/mol. The molecule has 0 amide bonds. The number of fused-ring (bicyclic) bond motifs is 1. The first kappa shape index (κ1) is 13.6. The molecule has 0 radical (unpaired) electrons. The van der Waals surface area contributed by atoms with E-state index in [1.54, 1.807) is 6.07 Å². The molecule has 6 heteroatoms. The van der Waals surface area contributed by atoms with Gasteiger partial charge in [0.1, 0.15) is 11.0 Å². The third-order valence-electron chi connectivity index (χ3n) is 4.51. The Morgan fingerprint density at radius 3 is 2.80 bits per heavy atom. The topological polar surface area (TPSA) is 59.3 Å². The number of anilines is 1. The van der Waals surface area contributed by atoms with Gasteiger partial charge in [-0.1, -0.05) is 24.4 Å². The summed E-state index contributed by atoms with van der Waals surface area (Å²) < 4.78 is 0. The van der Waals surface area contributed by atoms with Crippen molar-refractivity contribution in [2.75, 3.05) is 11.4 Å². The second kappa shape index (κ2) is 5.56. The Kier molecular flexibility index (Phi) is 3.78. The fourth-order valence-electron chi connectivity index (χ4n) is 3.63. The zero-order chi connectivity index (χ0) is 14.1. The van der Waals surface area contributed by atoms with E-state index in [1.165, 1.54) is 31.7 Å². The predicted octanol–water partition coefficient (Wildman–Crippen LogP) is 3.80. The van der Waals surface area contributed by atoms with E-state index in [0.717, 1.165) is 19.4 Å². The number of halogens is 1. The molecule has 0 bridgehead atoms. The number of piperidine rings is 1. The van der Waals surface area contributed by atoms with Crippen molar-refractivity contribution < 1.29 is 4.92 Å². The third-order valence-corrected chi connectivity index (χ3v) is 4.71. The first-order chi connectivity index (χ1) is 9.65. The lowest BCUT2D eigenvalue weighted by Crippen LogP contribution is -2.47. The van der Waals surface area contributed by atoms with Gasteiger partial charge in [-0.25, -0.2) is 4.98 Å². The van der Waals surface area contributed by atoms with Crippen molar-refractivity contribution in [3.8, 4) is 0 Å². The number of pyridine rings is 1. The highest BCUT2D eigenvalue weighted by Gasteiger charge is 2.34. The summed E-state index contributed by atoms with van der Waals surface area (Å²) in [6, 6.07) is 3.35. The van der Waals surface area contributed by atoms with Crippen molar-refractivity contribution >= 4 is 23.1 Å². The van der Waals surface area contributed by atoms with Crippen molar-refractivity contribution in [2.45, 2.75) is 44.6 Å². The predicted molar refractivity (Wildman–Crippen MR) is 78.2 cm³/mol. The SMILES string of the molecule is O=[N+]([O-])c1cc(Cl)nc(N2CCCC3CCCCC32)c1. The molecule has 3 rings (SSSR count). The van der Waals surface area contributed by atoms with E-state index < -0.39 is 4.92 Å². The van der Waals surface area contributed by atoms with Crippen LogP contribution in [0.15, 0.2) is 12.1 Å². The fraction of sp³-hybridized carbons (Fsp3) is 0.643. The van der Waals surface area contributed by atoms with Crippen LogP contribution in [0.1, 0.15) is 38.5 Å². The maximum absolute atomic E-state index is 11.0. The van der Waals surface area contributed by atoms with Crippen LogP contribution in [0.25, 0.3) is 0 Å². The molecule has 2 heterocycles.